The van der Waals surface area contributed by atoms with E-state index in [1.165, 1.54) is 0 Å². The average molecular weight is 902 g/mol. The van der Waals surface area contributed by atoms with Crippen LogP contribution in [0.2, 0.25) is 0 Å². The van der Waals surface area contributed by atoms with Crippen LogP contribution >= 0.6 is 0 Å². The molecule has 2 aliphatic rings. The van der Waals surface area contributed by atoms with E-state index in [0.29, 0.717) is 92.8 Å². The average Bonchev–Trinajstić information content (AvgIpc) is 3.32. The smallest absolute Gasteiger partial charge is 0.378 e. The fraction of sp³-hybridized carbons (Fsp3) is 0.300. The zero-order valence-corrected chi connectivity index (χ0v) is 36.9. The number of hydrogen-bond donors (Lipinski definition) is 2. The molecule has 66 heavy (non-hydrogen) atoms. The number of nitrogens with one attached hydrogen (secondary N) is 2. The Labute approximate surface area is 379 Å². The van der Waals surface area contributed by atoms with E-state index >= 15 is 0 Å². The van der Waals surface area contributed by atoms with Crippen LogP contribution in [0.4, 0.5) is 36.1 Å². The zero-order chi connectivity index (χ0) is 46.5. The highest BCUT2D eigenvalue weighted by Gasteiger charge is 2.31. The summed E-state index contributed by atoms with van der Waals surface area (Å²) in [7, 11) is 1.70. The minimum Gasteiger partial charge on any atom is -0.378 e. The van der Waals surface area contributed by atoms with Crippen molar-refractivity contribution in [2.75, 3.05) is 73.0 Å². The number of alkyl halides is 3. The molecule has 2 N–H and O–H groups in total. The van der Waals surface area contributed by atoms with Crippen LogP contribution in [0.1, 0.15) is 49.9 Å². The maximum Gasteiger partial charge on any atom is 0.416 e. The standard InChI is InChI=1S/C50H50F3N7O6/c1-4-33-6-5-7-40(24-33)55-46(61)36-11-10-34(42(26-36)37-27-43(48(63)57(3)30-37)58-16-20-65-21-17-58)13-15-60-31-38(28-44(49(60)64)59-18-22-66-23-19-59)41-25-35(9-8-32(41)2)47(62)56-45-29-39(12-14-54-45)50(51,52)53/h5-12,14,24-31H,4,13,15-23H2,1-3H3,(H,55,61)(H,54,56,62). The summed E-state index contributed by atoms with van der Waals surface area (Å²) < 4.78 is 54.6. The molecule has 0 unspecified atom stereocenters. The Bertz CT molecular complexity index is 2900. The quantitative estimate of drug-likeness (QED) is 0.127. The van der Waals surface area contributed by atoms with Gasteiger partial charge in [0.25, 0.3) is 22.9 Å². The molecule has 6 aromatic rings. The minimum absolute atomic E-state index is 0.157. The lowest BCUT2D eigenvalue weighted by molar-refractivity contribution is -0.137. The van der Waals surface area contributed by atoms with Crippen LogP contribution in [0.5, 0.6) is 0 Å². The van der Waals surface area contributed by atoms with Crippen LogP contribution in [0, 0.1) is 6.92 Å². The van der Waals surface area contributed by atoms with Crippen LogP contribution in [0.25, 0.3) is 22.3 Å². The Hall–Kier alpha value is -7.04. The van der Waals surface area contributed by atoms with Crippen molar-refractivity contribution in [3.8, 4) is 22.3 Å². The molecule has 8 rings (SSSR count). The van der Waals surface area contributed by atoms with Gasteiger partial charge in [0.1, 0.15) is 17.2 Å². The van der Waals surface area contributed by atoms with Crippen LogP contribution in [0.3, 0.4) is 0 Å². The predicted molar refractivity (Wildman–Crippen MR) is 249 cm³/mol. The van der Waals surface area contributed by atoms with Crippen molar-refractivity contribution in [1.29, 1.82) is 0 Å². The van der Waals surface area contributed by atoms with Gasteiger partial charge in [-0.2, -0.15) is 13.2 Å². The van der Waals surface area contributed by atoms with E-state index < -0.39 is 17.6 Å². The van der Waals surface area contributed by atoms with Gasteiger partial charge in [-0.05, 0) is 108 Å². The first-order chi connectivity index (χ1) is 31.7. The first-order valence-corrected chi connectivity index (χ1v) is 21.9. The monoisotopic (exact) mass is 901 g/mol. The van der Waals surface area contributed by atoms with Crippen molar-refractivity contribution < 1.29 is 32.2 Å². The number of anilines is 4. The Morgan fingerprint density at radius 2 is 1.35 bits per heavy atom. The number of morpholine rings is 2. The normalized spacial score (nSPS) is 14.3. The van der Waals surface area contributed by atoms with Gasteiger partial charge in [-0.25, -0.2) is 4.98 Å². The van der Waals surface area contributed by atoms with Gasteiger partial charge in [0.2, 0.25) is 0 Å². The first-order valence-electron chi connectivity index (χ1n) is 21.9. The number of amides is 2. The molecule has 342 valence electrons. The van der Waals surface area contributed by atoms with Crippen LogP contribution < -0.4 is 31.6 Å². The lowest BCUT2D eigenvalue weighted by Crippen LogP contribution is -2.40. The molecular formula is C50H50F3N7O6. The minimum atomic E-state index is -4.61. The molecule has 13 nitrogen and oxygen atoms in total. The molecule has 5 heterocycles. The van der Waals surface area contributed by atoms with Crippen molar-refractivity contribution in [2.45, 2.75) is 39.4 Å². The number of aromatic nitrogens is 3. The second-order valence-corrected chi connectivity index (χ2v) is 16.4. The topological polar surface area (TPSA) is 140 Å². The molecule has 2 aliphatic heterocycles. The van der Waals surface area contributed by atoms with Gasteiger partial charge in [0.05, 0.1) is 32.0 Å². The molecule has 0 radical (unpaired) electrons. The maximum atomic E-state index is 14.5. The van der Waals surface area contributed by atoms with E-state index in [1.54, 1.807) is 58.9 Å². The zero-order valence-electron chi connectivity index (χ0n) is 36.9. The fourth-order valence-electron chi connectivity index (χ4n) is 8.29. The second-order valence-electron chi connectivity index (χ2n) is 16.4. The summed E-state index contributed by atoms with van der Waals surface area (Å²) in [4.78, 5) is 63.2. The van der Waals surface area contributed by atoms with Gasteiger partial charge in [-0.1, -0.05) is 31.2 Å². The molecule has 0 saturated carbocycles. The van der Waals surface area contributed by atoms with Crippen molar-refractivity contribution in [3.63, 3.8) is 0 Å². The molecule has 0 atom stereocenters. The Balaban J connectivity index is 1.16. The van der Waals surface area contributed by atoms with Crippen LogP contribution in [-0.4, -0.2) is 78.5 Å². The summed E-state index contributed by atoms with van der Waals surface area (Å²) >= 11 is 0. The number of hydrogen-bond acceptors (Lipinski definition) is 9. The van der Waals surface area contributed by atoms with Gasteiger partial charge in [0.15, 0.2) is 0 Å². The number of aryl methyl sites for hydroxylation is 5. The Morgan fingerprint density at radius 1 is 0.727 bits per heavy atom. The summed E-state index contributed by atoms with van der Waals surface area (Å²) in [6.45, 7) is 8.05. The summed E-state index contributed by atoms with van der Waals surface area (Å²) in [5.74, 6) is -1.20. The van der Waals surface area contributed by atoms with Gasteiger partial charge in [-0.15, -0.1) is 0 Å². The van der Waals surface area contributed by atoms with E-state index in [4.69, 9.17) is 9.47 Å². The van der Waals surface area contributed by atoms with Crippen molar-refractivity contribution in [1.82, 2.24) is 14.1 Å². The Morgan fingerprint density at radius 3 is 2.02 bits per heavy atom. The molecule has 0 spiro atoms. The molecule has 3 aromatic heterocycles. The predicted octanol–water partition coefficient (Wildman–Crippen LogP) is 7.59. The van der Waals surface area contributed by atoms with Gasteiger partial charge >= 0.3 is 6.18 Å². The van der Waals surface area contributed by atoms with E-state index in [0.717, 1.165) is 52.6 Å². The fourth-order valence-corrected chi connectivity index (χ4v) is 8.29. The largest absolute Gasteiger partial charge is 0.416 e. The third-order valence-electron chi connectivity index (χ3n) is 12.0. The third-order valence-corrected chi connectivity index (χ3v) is 12.0. The molecule has 2 fully saturated rings. The molecule has 0 aliphatic carbocycles. The number of halogens is 3. The number of benzene rings is 3. The number of nitrogens with zero attached hydrogens (tertiary/aromatic N) is 5. The maximum absolute atomic E-state index is 14.5. The second kappa shape index (κ2) is 19.6. The summed E-state index contributed by atoms with van der Waals surface area (Å²) in [5.41, 5.74) is 6.35. The van der Waals surface area contributed by atoms with Crippen LogP contribution in [0.15, 0.2) is 113 Å². The van der Waals surface area contributed by atoms with E-state index in [-0.39, 0.29) is 35.0 Å². The summed E-state index contributed by atoms with van der Waals surface area (Å²) in [6.07, 6.45) is 1.05. The van der Waals surface area contributed by atoms with Crippen molar-refractivity contribution in [2.24, 2.45) is 7.05 Å². The van der Waals surface area contributed by atoms with E-state index in [9.17, 15) is 32.3 Å². The lowest BCUT2D eigenvalue weighted by atomic mass is 9.95. The number of pyridine rings is 3. The van der Waals surface area contributed by atoms with Gasteiger partial charge in [0, 0.05) is 86.3 Å². The molecule has 0 bridgehead atoms. The van der Waals surface area contributed by atoms with E-state index in [1.807, 2.05) is 66.1 Å². The highest BCUT2D eigenvalue weighted by molar-refractivity contribution is 6.05. The number of rotatable bonds is 12. The van der Waals surface area contributed by atoms with Crippen molar-refractivity contribution in [3.05, 3.63) is 158 Å². The van der Waals surface area contributed by atoms with Gasteiger partial charge < -0.3 is 39.0 Å². The molecule has 16 heteroatoms. The SMILES string of the molecule is CCc1cccc(NC(=O)c2ccc(CCn3cc(-c4cc(C(=O)Nc5cc(C(F)(F)F)ccn5)ccc4C)cc(N4CCOCC4)c3=O)c(-c3cc(N4CCOCC4)c(=O)n(C)c3)c2)c1. The van der Waals surface area contributed by atoms with E-state index in [2.05, 4.69) is 15.6 Å². The van der Waals surface area contributed by atoms with Gasteiger partial charge in [-0.3, -0.25) is 19.2 Å². The summed E-state index contributed by atoms with van der Waals surface area (Å²) in [6, 6.07) is 23.4. The number of ether oxygens (including phenoxy) is 2. The molecule has 2 amide bonds. The lowest BCUT2D eigenvalue weighted by Gasteiger charge is -2.29. The van der Waals surface area contributed by atoms with Crippen LogP contribution in [-0.2, 0) is 42.1 Å². The highest BCUT2D eigenvalue weighted by atomic mass is 19.4. The molecule has 2 saturated heterocycles. The highest BCUT2D eigenvalue weighted by Crippen LogP contribution is 2.32. The number of carbonyl (C=O) groups excluding carboxylic acids is 2. The first kappa shape index (κ1) is 45.5. The Kier molecular flexibility index (Phi) is 13.5. The van der Waals surface area contributed by atoms with Crippen molar-refractivity contribution >= 4 is 34.7 Å². The molecular weight excluding hydrogens is 852 g/mol. The third kappa shape index (κ3) is 10.2. The summed E-state index contributed by atoms with van der Waals surface area (Å²) in [5, 5.41) is 5.52. The molecule has 3 aromatic carbocycles. The number of carbonyl (C=O) groups is 2.